The van der Waals surface area contributed by atoms with Crippen molar-refractivity contribution in [1.82, 2.24) is 0 Å². The second kappa shape index (κ2) is 8.02. The van der Waals surface area contributed by atoms with Crippen molar-refractivity contribution in [2.45, 2.75) is 12.8 Å². The van der Waals surface area contributed by atoms with Crippen LogP contribution in [0.15, 0.2) is 36.4 Å². The van der Waals surface area contributed by atoms with Crippen LogP contribution < -0.4 is 10.6 Å². The summed E-state index contributed by atoms with van der Waals surface area (Å²) in [5.41, 5.74) is 0.907. The number of rotatable bonds is 7. The standard InChI is InChI=1S/C15H13N3O6S/c19-12(6-8-14(20)21)16-9-1-3-10(4-2-9)17-15(22)11-5-7-13(25-11)18(23)24/h1-5,7H,6,8H2,(H,16,19)(H,17,22)(H,20,21). The minimum atomic E-state index is -1.05. The number of hydrogen-bond donors (Lipinski definition) is 3. The van der Waals surface area contributed by atoms with Gasteiger partial charge in [0.2, 0.25) is 5.91 Å². The zero-order valence-electron chi connectivity index (χ0n) is 12.7. The van der Waals surface area contributed by atoms with Crippen LogP contribution in [0.4, 0.5) is 16.4 Å². The van der Waals surface area contributed by atoms with E-state index in [-0.39, 0.29) is 22.7 Å². The Morgan fingerprint density at radius 3 is 2.12 bits per heavy atom. The third-order valence-electron chi connectivity index (χ3n) is 2.99. The maximum atomic E-state index is 12.0. The highest BCUT2D eigenvalue weighted by molar-refractivity contribution is 7.17. The average molecular weight is 363 g/mol. The van der Waals surface area contributed by atoms with E-state index in [2.05, 4.69) is 10.6 Å². The quantitative estimate of drug-likeness (QED) is 0.510. The third-order valence-corrected chi connectivity index (χ3v) is 4.02. The van der Waals surface area contributed by atoms with E-state index in [1.165, 1.54) is 12.1 Å². The number of nitro groups is 1. The summed E-state index contributed by atoms with van der Waals surface area (Å²) >= 11 is 0.772. The molecular formula is C15H13N3O6S. The van der Waals surface area contributed by atoms with E-state index in [1.54, 1.807) is 24.3 Å². The first-order valence-electron chi connectivity index (χ1n) is 7.02. The average Bonchev–Trinajstić information content (AvgIpc) is 3.05. The van der Waals surface area contributed by atoms with Crippen LogP contribution in [0.1, 0.15) is 22.5 Å². The number of nitrogens with zero attached hydrogens (tertiary/aromatic N) is 1. The van der Waals surface area contributed by atoms with E-state index in [4.69, 9.17) is 5.11 Å². The summed E-state index contributed by atoms with van der Waals surface area (Å²) in [7, 11) is 0. The van der Waals surface area contributed by atoms with E-state index < -0.39 is 22.7 Å². The van der Waals surface area contributed by atoms with Crippen molar-refractivity contribution in [2.24, 2.45) is 0 Å². The molecule has 0 saturated carbocycles. The Morgan fingerprint density at radius 1 is 1.00 bits per heavy atom. The van der Waals surface area contributed by atoms with Crippen molar-refractivity contribution in [3.63, 3.8) is 0 Å². The molecule has 0 saturated heterocycles. The van der Waals surface area contributed by atoms with Crippen molar-refractivity contribution in [1.29, 1.82) is 0 Å². The number of carboxylic acid groups (broad SMARTS) is 1. The highest BCUT2D eigenvalue weighted by atomic mass is 32.1. The maximum Gasteiger partial charge on any atom is 0.324 e. The first kappa shape index (κ1) is 18.1. The summed E-state index contributed by atoms with van der Waals surface area (Å²) in [6, 6.07) is 8.82. The summed E-state index contributed by atoms with van der Waals surface area (Å²) in [5.74, 6) is -1.96. The van der Waals surface area contributed by atoms with Crippen molar-refractivity contribution in [2.75, 3.05) is 10.6 Å². The molecule has 1 aromatic heterocycles. The number of carbonyl (C=O) groups excluding carboxylic acids is 2. The highest BCUT2D eigenvalue weighted by Gasteiger charge is 2.15. The predicted molar refractivity (Wildman–Crippen MR) is 90.9 cm³/mol. The lowest BCUT2D eigenvalue weighted by atomic mass is 10.2. The minimum absolute atomic E-state index is 0.121. The van der Waals surface area contributed by atoms with E-state index >= 15 is 0 Å². The topological polar surface area (TPSA) is 139 Å². The number of hydrogen-bond acceptors (Lipinski definition) is 6. The molecule has 0 aliphatic carbocycles. The largest absolute Gasteiger partial charge is 0.481 e. The van der Waals surface area contributed by atoms with Crippen molar-refractivity contribution >= 4 is 45.5 Å². The van der Waals surface area contributed by atoms with Crippen LogP contribution in [0.25, 0.3) is 0 Å². The second-order valence-corrected chi connectivity index (χ2v) is 5.93. The predicted octanol–water partition coefficient (Wildman–Crippen LogP) is 2.71. The first-order valence-corrected chi connectivity index (χ1v) is 7.84. The van der Waals surface area contributed by atoms with Crippen LogP contribution in [-0.4, -0.2) is 27.8 Å². The molecule has 130 valence electrons. The molecule has 9 nitrogen and oxygen atoms in total. The molecule has 0 fully saturated rings. The van der Waals surface area contributed by atoms with Crippen LogP contribution >= 0.6 is 11.3 Å². The molecule has 3 N–H and O–H groups in total. The fourth-order valence-corrected chi connectivity index (χ4v) is 2.54. The molecule has 0 unspecified atom stereocenters. The number of benzene rings is 1. The lowest BCUT2D eigenvalue weighted by Crippen LogP contribution is -2.13. The Labute approximate surface area is 145 Å². The molecule has 1 heterocycles. The van der Waals surface area contributed by atoms with Gasteiger partial charge in [0.05, 0.1) is 16.2 Å². The van der Waals surface area contributed by atoms with Crippen molar-refractivity contribution < 1.29 is 24.4 Å². The Morgan fingerprint density at radius 2 is 1.60 bits per heavy atom. The maximum absolute atomic E-state index is 12.0. The monoisotopic (exact) mass is 363 g/mol. The number of nitrogens with one attached hydrogen (secondary N) is 2. The first-order chi connectivity index (χ1) is 11.8. The van der Waals surface area contributed by atoms with E-state index in [9.17, 15) is 24.5 Å². The molecule has 0 bridgehead atoms. The van der Waals surface area contributed by atoms with E-state index in [0.717, 1.165) is 11.3 Å². The number of thiophene rings is 1. The molecule has 0 radical (unpaired) electrons. The van der Waals surface area contributed by atoms with Gasteiger partial charge in [-0.3, -0.25) is 24.5 Å². The Balaban J connectivity index is 1.93. The molecule has 0 spiro atoms. The highest BCUT2D eigenvalue weighted by Crippen LogP contribution is 2.25. The minimum Gasteiger partial charge on any atom is -0.481 e. The van der Waals surface area contributed by atoms with Crippen LogP contribution in [0.5, 0.6) is 0 Å². The fraction of sp³-hybridized carbons (Fsp3) is 0.133. The smallest absolute Gasteiger partial charge is 0.324 e. The third kappa shape index (κ3) is 5.39. The Bertz CT molecular complexity index is 815. The number of aliphatic carboxylic acids is 1. The summed E-state index contributed by atoms with van der Waals surface area (Å²) in [5, 5.41) is 24.1. The fourth-order valence-electron chi connectivity index (χ4n) is 1.82. The van der Waals surface area contributed by atoms with Crippen LogP contribution in [0, 0.1) is 10.1 Å². The normalized spacial score (nSPS) is 10.1. The SMILES string of the molecule is O=C(O)CCC(=O)Nc1ccc(NC(=O)c2ccc([N+](=O)[O-])s2)cc1. The zero-order chi connectivity index (χ0) is 18.4. The lowest BCUT2D eigenvalue weighted by Gasteiger charge is -2.07. The van der Waals surface area contributed by atoms with Crippen LogP contribution in [-0.2, 0) is 9.59 Å². The number of anilines is 2. The number of carbonyl (C=O) groups is 3. The van der Waals surface area contributed by atoms with Gasteiger partial charge in [0.15, 0.2) is 0 Å². The van der Waals surface area contributed by atoms with Gasteiger partial charge in [-0.05, 0) is 30.3 Å². The molecule has 1 aromatic carbocycles. The van der Waals surface area contributed by atoms with Crippen molar-refractivity contribution in [3.05, 3.63) is 51.4 Å². The lowest BCUT2D eigenvalue weighted by molar-refractivity contribution is -0.380. The van der Waals surface area contributed by atoms with Gasteiger partial charge in [-0.1, -0.05) is 11.3 Å². The zero-order valence-corrected chi connectivity index (χ0v) is 13.5. The van der Waals surface area contributed by atoms with Gasteiger partial charge in [0, 0.05) is 23.9 Å². The number of carboxylic acids is 1. The van der Waals surface area contributed by atoms with Crippen LogP contribution in [0.2, 0.25) is 0 Å². The summed E-state index contributed by atoms with van der Waals surface area (Å²) in [6.07, 6.45) is -0.391. The molecule has 2 rings (SSSR count). The molecule has 0 atom stereocenters. The summed E-state index contributed by atoms with van der Waals surface area (Å²) in [4.78, 5) is 44.2. The molecule has 2 amide bonds. The van der Waals surface area contributed by atoms with Gasteiger partial charge in [-0.2, -0.15) is 0 Å². The Hall–Kier alpha value is -3.27. The molecule has 10 heteroatoms. The van der Waals surface area contributed by atoms with Gasteiger partial charge in [-0.15, -0.1) is 0 Å². The molecular weight excluding hydrogens is 350 g/mol. The van der Waals surface area contributed by atoms with Crippen molar-refractivity contribution in [3.8, 4) is 0 Å². The molecule has 2 aromatic rings. The van der Waals surface area contributed by atoms with Crippen LogP contribution in [0.3, 0.4) is 0 Å². The van der Waals surface area contributed by atoms with Gasteiger partial charge in [-0.25, -0.2) is 0 Å². The summed E-state index contributed by atoms with van der Waals surface area (Å²) in [6.45, 7) is 0. The number of amides is 2. The van der Waals surface area contributed by atoms with E-state index in [1.807, 2.05) is 0 Å². The van der Waals surface area contributed by atoms with Gasteiger partial charge in [0.1, 0.15) is 0 Å². The Kier molecular flexibility index (Phi) is 5.79. The second-order valence-electron chi connectivity index (χ2n) is 4.87. The van der Waals surface area contributed by atoms with E-state index in [0.29, 0.717) is 11.4 Å². The van der Waals surface area contributed by atoms with Gasteiger partial charge in [0.25, 0.3) is 5.91 Å². The molecule has 0 aliphatic rings. The molecule has 0 aliphatic heterocycles. The van der Waals surface area contributed by atoms with Gasteiger partial charge >= 0.3 is 11.0 Å². The summed E-state index contributed by atoms with van der Waals surface area (Å²) < 4.78 is 0. The molecule has 25 heavy (non-hydrogen) atoms. The van der Waals surface area contributed by atoms with Gasteiger partial charge < -0.3 is 15.7 Å².